The van der Waals surface area contributed by atoms with Gasteiger partial charge in [0.15, 0.2) is 6.29 Å². The lowest BCUT2D eigenvalue weighted by molar-refractivity contribution is -0.108. The van der Waals surface area contributed by atoms with Crippen LogP contribution in [0, 0.1) is 5.92 Å². The minimum absolute atomic E-state index is 0.375. The minimum atomic E-state index is -0.461. The van der Waals surface area contributed by atoms with E-state index in [1.165, 1.54) is 32.1 Å². The monoisotopic (exact) mass is 170 g/mol. The maximum absolute atomic E-state index is 9.21. The number of aliphatic hydroxyl groups is 1. The molecule has 0 amide bonds. The molecule has 2 fully saturated rings. The molecule has 0 bridgehead atoms. The van der Waals surface area contributed by atoms with Gasteiger partial charge in [-0.25, -0.2) is 0 Å². The molecule has 1 aliphatic carbocycles. The zero-order valence-corrected chi connectivity index (χ0v) is 7.54. The SMILES string of the molecule is OC1CCC(C2CCCCC2)O1. The quantitative estimate of drug-likeness (QED) is 0.652. The summed E-state index contributed by atoms with van der Waals surface area (Å²) in [5.74, 6) is 0.746. The van der Waals surface area contributed by atoms with Gasteiger partial charge in [0, 0.05) is 6.42 Å². The lowest BCUT2D eigenvalue weighted by Crippen LogP contribution is -2.23. The Labute approximate surface area is 73.9 Å². The smallest absolute Gasteiger partial charge is 0.155 e. The Kier molecular flexibility index (Phi) is 2.66. The minimum Gasteiger partial charge on any atom is -0.368 e. The molecule has 1 aliphatic heterocycles. The summed E-state index contributed by atoms with van der Waals surface area (Å²) in [7, 11) is 0. The second kappa shape index (κ2) is 3.75. The summed E-state index contributed by atoms with van der Waals surface area (Å²) < 4.78 is 5.46. The standard InChI is InChI=1S/C10H18O2/c11-10-7-6-9(12-10)8-4-2-1-3-5-8/h8-11H,1-7H2. The molecule has 2 aliphatic rings. The first-order chi connectivity index (χ1) is 5.86. The summed E-state index contributed by atoms with van der Waals surface area (Å²) in [6.45, 7) is 0. The second-order valence-corrected chi connectivity index (χ2v) is 4.10. The van der Waals surface area contributed by atoms with Crippen molar-refractivity contribution < 1.29 is 9.84 Å². The molecule has 70 valence electrons. The van der Waals surface area contributed by atoms with Crippen LogP contribution in [-0.2, 0) is 4.74 Å². The fourth-order valence-electron chi connectivity index (χ4n) is 2.50. The fourth-order valence-corrected chi connectivity index (χ4v) is 2.50. The average molecular weight is 170 g/mol. The van der Waals surface area contributed by atoms with Crippen LogP contribution in [0.2, 0.25) is 0 Å². The van der Waals surface area contributed by atoms with E-state index in [2.05, 4.69) is 0 Å². The number of hydrogen-bond donors (Lipinski definition) is 1. The second-order valence-electron chi connectivity index (χ2n) is 4.10. The number of aliphatic hydroxyl groups excluding tert-OH is 1. The number of ether oxygens (including phenoxy) is 1. The lowest BCUT2D eigenvalue weighted by Gasteiger charge is -2.26. The first-order valence-corrected chi connectivity index (χ1v) is 5.20. The number of hydrogen-bond acceptors (Lipinski definition) is 2. The highest BCUT2D eigenvalue weighted by Gasteiger charge is 2.30. The molecular weight excluding hydrogens is 152 g/mol. The maximum Gasteiger partial charge on any atom is 0.155 e. The van der Waals surface area contributed by atoms with Gasteiger partial charge in [0.05, 0.1) is 6.10 Å². The van der Waals surface area contributed by atoms with Crippen molar-refractivity contribution in [3.63, 3.8) is 0 Å². The maximum atomic E-state index is 9.21. The molecule has 0 aromatic carbocycles. The molecule has 2 heteroatoms. The molecule has 1 heterocycles. The summed E-state index contributed by atoms with van der Waals surface area (Å²) in [4.78, 5) is 0. The van der Waals surface area contributed by atoms with E-state index in [1.54, 1.807) is 0 Å². The summed E-state index contributed by atoms with van der Waals surface area (Å²) in [6, 6.07) is 0. The predicted molar refractivity (Wildman–Crippen MR) is 46.7 cm³/mol. The van der Waals surface area contributed by atoms with E-state index in [9.17, 15) is 5.11 Å². The zero-order valence-electron chi connectivity index (χ0n) is 7.54. The van der Waals surface area contributed by atoms with Gasteiger partial charge in [0.2, 0.25) is 0 Å². The predicted octanol–water partition coefficient (Wildman–Crippen LogP) is 2.06. The Hall–Kier alpha value is -0.0800. The van der Waals surface area contributed by atoms with Gasteiger partial charge in [0.1, 0.15) is 0 Å². The van der Waals surface area contributed by atoms with E-state index in [0.29, 0.717) is 6.10 Å². The van der Waals surface area contributed by atoms with Gasteiger partial charge in [0.25, 0.3) is 0 Å². The van der Waals surface area contributed by atoms with Crippen molar-refractivity contribution >= 4 is 0 Å². The Morgan fingerprint density at radius 2 is 1.67 bits per heavy atom. The van der Waals surface area contributed by atoms with Crippen LogP contribution in [0.1, 0.15) is 44.9 Å². The molecule has 1 N–H and O–H groups in total. The summed E-state index contributed by atoms with van der Waals surface area (Å²) in [5.41, 5.74) is 0. The summed E-state index contributed by atoms with van der Waals surface area (Å²) >= 11 is 0. The summed E-state index contributed by atoms with van der Waals surface area (Å²) in [6.07, 6.45) is 8.59. The van der Waals surface area contributed by atoms with E-state index in [4.69, 9.17) is 4.74 Å². The molecule has 1 saturated heterocycles. The molecule has 2 rings (SSSR count). The highest BCUT2D eigenvalue weighted by molar-refractivity contribution is 4.78. The van der Waals surface area contributed by atoms with Crippen molar-refractivity contribution in [1.82, 2.24) is 0 Å². The molecule has 0 aromatic heterocycles. The van der Waals surface area contributed by atoms with Gasteiger partial charge in [-0.2, -0.15) is 0 Å². The summed E-state index contributed by atoms with van der Waals surface area (Å²) in [5, 5.41) is 9.21. The molecule has 1 saturated carbocycles. The third kappa shape index (κ3) is 1.80. The van der Waals surface area contributed by atoms with Crippen LogP contribution in [-0.4, -0.2) is 17.5 Å². The van der Waals surface area contributed by atoms with Crippen molar-refractivity contribution in [2.45, 2.75) is 57.3 Å². The van der Waals surface area contributed by atoms with E-state index in [1.807, 2.05) is 0 Å². The third-order valence-corrected chi connectivity index (χ3v) is 3.21. The van der Waals surface area contributed by atoms with Crippen LogP contribution in [0.3, 0.4) is 0 Å². The third-order valence-electron chi connectivity index (χ3n) is 3.21. The van der Waals surface area contributed by atoms with Crippen LogP contribution < -0.4 is 0 Å². The van der Waals surface area contributed by atoms with Crippen molar-refractivity contribution in [3.8, 4) is 0 Å². The van der Waals surface area contributed by atoms with Crippen molar-refractivity contribution in [1.29, 1.82) is 0 Å². The fraction of sp³-hybridized carbons (Fsp3) is 1.00. The molecule has 2 nitrogen and oxygen atoms in total. The molecule has 0 aromatic rings. The van der Waals surface area contributed by atoms with Gasteiger partial charge in [-0.15, -0.1) is 0 Å². The Morgan fingerprint density at radius 3 is 2.25 bits per heavy atom. The van der Waals surface area contributed by atoms with Crippen LogP contribution in [0.25, 0.3) is 0 Å². The Balaban J connectivity index is 1.83. The van der Waals surface area contributed by atoms with Crippen LogP contribution in [0.4, 0.5) is 0 Å². The Morgan fingerprint density at radius 1 is 0.917 bits per heavy atom. The van der Waals surface area contributed by atoms with Crippen LogP contribution >= 0.6 is 0 Å². The van der Waals surface area contributed by atoms with Gasteiger partial charge < -0.3 is 9.84 Å². The normalized spacial score (nSPS) is 38.8. The highest BCUT2D eigenvalue weighted by Crippen LogP contribution is 2.33. The molecule has 0 radical (unpaired) electrons. The Bertz CT molecular complexity index is 138. The zero-order chi connectivity index (χ0) is 8.39. The van der Waals surface area contributed by atoms with Crippen LogP contribution in [0.5, 0.6) is 0 Å². The van der Waals surface area contributed by atoms with E-state index in [-0.39, 0.29) is 0 Å². The van der Waals surface area contributed by atoms with E-state index < -0.39 is 6.29 Å². The van der Waals surface area contributed by atoms with Gasteiger partial charge in [-0.3, -0.25) is 0 Å². The van der Waals surface area contributed by atoms with Crippen molar-refractivity contribution in [2.75, 3.05) is 0 Å². The van der Waals surface area contributed by atoms with Gasteiger partial charge >= 0.3 is 0 Å². The highest BCUT2D eigenvalue weighted by atomic mass is 16.6. The lowest BCUT2D eigenvalue weighted by atomic mass is 9.84. The first kappa shape index (κ1) is 8.52. The average Bonchev–Trinajstić information content (AvgIpc) is 2.54. The van der Waals surface area contributed by atoms with Gasteiger partial charge in [-0.1, -0.05) is 19.3 Å². The largest absolute Gasteiger partial charge is 0.368 e. The van der Waals surface area contributed by atoms with Crippen molar-refractivity contribution in [3.05, 3.63) is 0 Å². The molecular formula is C10H18O2. The van der Waals surface area contributed by atoms with E-state index in [0.717, 1.165) is 18.8 Å². The molecule has 2 atom stereocenters. The van der Waals surface area contributed by atoms with E-state index >= 15 is 0 Å². The van der Waals surface area contributed by atoms with Crippen LogP contribution in [0.15, 0.2) is 0 Å². The van der Waals surface area contributed by atoms with Crippen molar-refractivity contribution in [2.24, 2.45) is 5.92 Å². The number of rotatable bonds is 1. The molecule has 2 unspecified atom stereocenters. The topological polar surface area (TPSA) is 29.5 Å². The molecule has 0 spiro atoms. The van der Waals surface area contributed by atoms with Gasteiger partial charge in [-0.05, 0) is 25.2 Å². The molecule has 12 heavy (non-hydrogen) atoms. The first-order valence-electron chi connectivity index (χ1n) is 5.20.